The zero-order valence-electron chi connectivity index (χ0n) is 12.2. The first-order chi connectivity index (χ1) is 10.1. The molecule has 0 atom stereocenters. The molecule has 2 heterocycles. The van der Waals surface area contributed by atoms with E-state index < -0.39 is 0 Å². The minimum Gasteiger partial charge on any atom is -0.378 e. The number of rotatable bonds is 5. The predicted octanol–water partition coefficient (Wildman–Crippen LogP) is -0.0661. The predicted molar refractivity (Wildman–Crippen MR) is 79.8 cm³/mol. The van der Waals surface area contributed by atoms with Gasteiger partial charge in [0, 0.05) is 40.2 Å². The minimum atomic E-state index is -0.0320. The van der Waals surface area contributed by atoms with Gasteiger partial charge in [-0.2, -0.15) is 15.0 Å². The molecule has 0 saturated carbocycles. The van der Waals surface area contributed by atoms with Crippen molar-refractivity contribution in [2.75, 3.05) is 56.7 Å². The third kappa shape index (κ3) is 4.40. The summed E-state index contributed by atoms with van der Waals surface area (Å²) in [5.41, 5.74) is 0. The van der Waals surface area contributed by atoms with Gasteiger partial charge in [0.15, 0.2) is 0 Å². The van der Waals surface area contributed by atoms with E-state index in [2.05, 4.69) is 20.3 Å². The van der Waals surface area contributed by atoms with Crippen molar-refractivity contribution in [2.45, 2.75) is 6.42 Å². The van der Waals surface area contributed by atoms with Gasteiger partial charge >= 0.3 is 0 Å². The molecule has 1 aromatic heterocycles. The van der Waals surface area contributed by atoms with E-state index in [0.29, 0.717) is 38.1 Å². The van der Waals surface area contributed by atoms with E-state index in [1.54, 1.807) is 11.9 Å². The maximum atomic E-state index is 11.3. The molecule has 21 heavy (non-hydrogen) atoms. The van der Waals surface area contributed by atoms with E-state index in [0.717, 1.165) is 13.1 Å². The van der Waals surface area contributed by atoms with Crippen LogP contribution in [-0.2, 0) is 9.53 Å². The average Bonchev–Trinajstić information content (AvgIpc) is 2.52. The summed E-state index contributed by atoms with van der Waals surface area (Å²) in [6.45, 7) is 3.24. The van der Waals surface area contributed by atoms with Gasteiger partial charge < -0.3 is 19.9 Å². The van der Waals surface area contributed by atoms with Crippen molar-refractivity contribution in [3.8, 4) is 0 Å². The summed E-state index contributed by atoms with van der Waals surface area (Å²) in [7, 11) is 3.43. The van der Waals surface area contributed by atoms with E-state index in [1.165, 1.54) is 0 Å². The lowest BCUT2D eigenvalue weighted by Crippen LogP contribution is -2.38. The van der Waals surface area contributed by atoms with Crippen LogP contribution in [0.25, 0.3) is 0 Å². The smallest absolute Gasteiger partial charge is 0.231 e. The summed E-state index contributed by atoms with van der Waals surface area (Å²) in [6.07, 6.45) is 0.364. The zero-order chi connectivity index (χ0) is 15.2. The van der Waals surface area contributed by atoms with Gasteiger partial charge in [0.25, 0.3) is 0 Å². The molecule has 2 rings (SSSR count). The molecular weight excluding hydrogens is 296 g/mol. The normalized spacial score (nSPS) is 14.9. The number of nitrogens with one attached hydrogen (secondary N) is 1. The molecule has 1 aromatic rings. The maximum absolute atomic E-state index is 11.3. The third-order valence-corrected chi connectivity index (χ3v) is 3.34. The minimum absolute atomic E-state index is 0.0320. The van der Waals surface area contributed by atoms with Gasteiger partial charge in [-0.05, 0) is 11.6 Å². The second-order valence-electron chi connectivity index (χ2n) is 4.65. The van der Waals surface area contributed by atoms with Crippen molar-refractivity contribution in [3.63, 3.8) is 0 Å². The van der Waals surface area contributed by atoms with Crippen LogP contribution in [-0.4, -0.2) is 67.8 Å². The molecule has 0 aromatic carbocycles. The van der Waals surface area contributed by atoms with Gasteiger partial charge in [-0.25, -0.2) is 0 Å². The zero-order valence-corrected chi connectivity index (χ0v) is 12.9. The van der Waals surface area contributed by atoms with Crippen molar-refractivity contribution < 1.29 is 9.53 Å². The van der Waals surface area contributed by atoms with Gasteiger partial charge in [-0.1, -0.05) is 0 Å². The van der Waals surface area contributed by atoms with Crippen LogP contribution in [0.15, 0.2) is 0 Å². The van der Waals surface area contributed by atoms with Crippen LogP contribution in [0.1, 0.15) is 6.42 Å². The first-order valence-corrected chi connectivity index (χ1v) is 7.14. The molecule has 1 aliphatic rings. The molecule has 1 aliphatic heterocycles. The second-order valence-corrected chi connectivity index (χ2v) is 4.99. The molecule has 1 fully saturated rings. The summed E-state index contributed by atoms with van der Waals surface area (Å²) in [6, 6.07) is 0. The number of hydrogen-bond donors (Lipinski definition) is 1. The molecule has 1 saturated heterocycles. The Morgan fingerprint density at radius 3 is 2.76 bits per heavy atom. The standard InChI is InChI=1S/C12H19ClN6O2/c1-14-9(20)3-4-18(2)11-15-10(13)16-12(17-11)19-5-7-21-8-6-19/h3-8H2,1-2H3,(H,14,20). The first kappa shape index (κ1) is 15.7. The fraction of sp³-hybridized carbons (Fsp3) is 0.667. The van der Waals surface area contributed by atoms with E-state index in [-0.39, 0.29) is 11.2 Å². The van der Waals surface area contributed by atoms with Crippen LogP contribution < -0.4 is 15.1 Å². The van der Waals surface area contributed by atoms with Crippen LogP contribution in [0, 0.1) is 0 Å². The summed E-state index contributed by atoms with van der Waals surface area (Å²) < 4.78 is 5.31. The number of hydrogen-bond acceptors (Lipinski definition) is 7. The molecular formula is C12H19ClN6O2. The average molecular weight is 315 g/mol. The molecule has 8 nitrogen and oxygen atoms in total. The Hall–Kier alpha value is -1.67. The van der Waals surface area contributed by atoms with E-state index in [1.807, 2.05) is 11.9 Å². The lowest BCUT2D eigenvalue weighted by atomic mass is 10.4. The molecule has 0 aliphatic carbocycles. The molecule has 0 unspecified atom stereocenters. The number of carbonyl (C=O) groups excluding carboxylic acids is 1. The molecule has 9 heteroatoms. The van der Waals surface area contributed by atoms with Crippen molar-refractivity contribution in [1.82, 2.24) is 20.3 Å². The fourth-order valence-corrected chi connectivity index (χ4v) is 2.05. The van der Waals surface area contributed by atoms with Crippen molar-refractivity contribution in [3.05, 3.63) is 5.28 Å². The Kier molecular flexibility index (Phi) is 5.51. The van der Waals surface area contributed by atoms with Crippen LogP contribution in [0.5, 0.6) is 0 Å². The quantitative estimate of drug-likeness (QED) is 0.814. The number of morpholine rings is 1. The molecule has 0 spiro atoms. The van der Waals surface area contributed by atoms with E-state index in [9.17, 15) is 4.79 Å². The molecule has 116 valence electrons. The number of carbonyl (C=O) groups is 1. The van der Waals surface area contributed by atoms with Crippen molar-refractivity contribution >= 4 is 29.4 Å². The highest BCUT2D eigenvalue weighted by Gasteiger charge is 2.17. The summed E-state index contributed by atoms with van der Waals surface area (Å²) in [5, 5.41) is 2.73. The lowest BCUT2D eigenvalue weighted by Gasteiger charge is -2.27. The van der Waals surface area contributed by atoms with Crippen LogP contribution in [0.3, 0.4) is 0 Å². The lowest BCUT2D eigenvalue weighted by molar-refractivity contribution is -0.120. The highest BCUT2D eigenvalue weighted by Crippen LogP contribution is 2.17. The Balaban J connectivity index is 2.08. The summed E-state index contributed by atoms with van der Waals surface area (Å²) in [5.74, 6) is 0.968. The number of halogens is 1. The number of amides is 1. The third-order valence-electron chi connectivity index (χ3n) is 3.17. The number of nitrogens with zero attached hydrogens (tertiary/aromatic N) is 5. The fourth-order valence-electron chi connectivity index (χ4n) is 1.90. The van der Waals surface area contributed by atoms with Gasteiger partial charge in [0.05, 0.1) is 13.2 Å². The molecule has 1 N–H and O–H groups in total. The maximum Gasteiger partial charge on any atom is 0.231 e. The first-order valence-electron chi connectivity index (χ1n) is 6.76. The van der Waals surface area contributed by atoms with Crippen LogP contribution >= 0.6 is 11.6 Å². The Morgan fingerprint density at radius 1 is 1.38 bits per heavy atom. The van der Waals surface area contributed by atoms with Crippen molar-refractivity contribution in [1.29, 1.82) is 0 Å². The van der Waals surface area contributed by atoms with Crippen molar-refractivity contribution in [2.24, 2.45) is 0 Å². The Morgan fingerprint density at radius 2 is 2.10 bits per heavy atom. The number of aromatic nitrogens is 3. The van der Waals surface area contributed by atoms with Crippen LogP contribution in [0.4, 0.5) is 11.9 Å². The van der Waals surface area contributed by atoms with E-state index in [4.69, 9.17) is 16.3 Å². The van der Waals surface area contributed by atoms with Gasteiger partial charge in [0.1, 0.15) is 0 Å². The molecule has 1 amide bonds. The van der Waals surface area contributed by atoms with Gasteiger partial charge in [-0.3, -0.25) is 4.79 Å². The van der Waals surface area contributed by atoms with Gasteiger partial charge in [0.2, 0.25) is 23.1 Å². The topological polar surface area (TPSA) is 83.5 Å². The Labute approximate surface area is 128 Å². The second kappa shape index (κ2) is 7.37. The van der Waals surface area contributed by atoms with Gasteiger partial charge in [-0.15, -0.1) is 0 Å². The Bertz CT molecular complexity index is 495. The highest BCUT2D eigenvalue weighted by molar-refractivity contribution is 6.28. The molecule has 0 bridgehead atoms. The SMILES string of the molecule is CNC(=O)CCN(C)c1nc(Cl)nc(N2CCOCC2)n1. The van der Waals surface area contributed by atoms with E-state index >= 15 is 0 Å². The number of anilines is 2. The highest BCUT2D eigenvalue weighted by atomic mass is 35.5. The summed E-state index contributed by atoms with van der Waals surface area (Å²) in [4.78, 5) is 27.8. The largest absolute Gasteiger partial charge is 0.378 e. The molecule has 0 radical (unpaired) electrons. The monoisotopic (exact) mass is 314 g/mol. The number of ether oxygens (including phenoxy) is 1. The van der Waals surface area contributed by atoms with Crippen LogP contribution in [0.2, 0.25) is 5.28 Å². The summed E-state index contributed by atoms with van der Waals surface area (Å²) >= 11 is 5.98.